The van der Waals surface area contributed by atoms with Crippen LogP contribution in [0.5, 0.6) is 0 Å². The molecule has 0 heterocycles. The van der Waals surface area contributed by atoms with Crippen LogP contribution in [0, 0.1) is 41.4 Å². The molecule has 102 valence electrons. The van der Waals surface area contributed by atoms with Gasteiger partial charge in [0.1, 0.15) is 0 Å². The van der Waals surface area contributed by atoms with Crippen LogP contribution >= 0.6 is 0 Å². The van der Waals surface area contributed by atoms with Crippen molar-refractivity contribution in [3.63, 3.8) is 0 Å². The molecule has 0 aromatic carbocycles. The summed E-state index contributed by atoms with van der Waals surface area (Å²) in [6, 6.07) is 0. The van der Waals surface area contributed by atoms with Gasteiger partial charge in [-0.15, -0.1) is 0 Å². The Hall–Kier alpha value is 0. The quantitative estimate of drug-likeness (QED) is 0.540. The lowest BCUT2D eigenvalue weighted by Gasteiger charge is -2.26. The molecule has 0 bridgehead atoms. The Kier molecular flexibility index (Phi) is 5.54. The Balaban J connectivity index is 2.32. The van der Waals surface area contributed by atoms with E-state index in [4.69, 9.17) is 0 Å². The van der Waals surface area contributed by atoms with Crippen molar-refractivity contribution in [2.75, 3.05) is 0 Å². The normalized spacial score (nSPS) is 31.1. The SMILES string of the molecule is CCC(C)C(C)C(C)CC1CC1C(C)C(C)C. The molecule has 1 rings (SSSR count). The second-order valence-electron chi connectivity index (χ2n) is 7.22. The summed E-state index contributed by atoms with van der Waals surface area (Å²) in [6.45, 7) is 16.9. The van der Waals surface area contributed by atoms with Crippen molar-refractivity contribution in [3.05, 3.63) is 0 Å². The average molecular weight is 238 g/mol. The molecule has 1 aliphatic rings. The zero-order valence-electron chi connectivity index (χ0n) is 13.2. The fraction of sp³-hybridized carbons (Fsp3) is 1.00. The fourth-order valence-electron chi connectivity index (χ4n) is 3.31. The van der Waals surface area contributed by atoms with Crippen LogP contribution in [0.1, 0.15) is 67.7 Å². The second kappa shape index (κ2) is 6.25. The van der Waals surface area contributed by atoms with Crippen LogP contribution in [0.3, 0.4) is 0 Å². The summed E-state index contributed by atoms with van der Waals surface area (Å²) in [4.78, 5) is 0. The standard InChI is InChI=1S/C17H34/c1-8-12(4)15(7)13(5)9-16-10-17(16)14(6)11(2)3/h11-17H,8-10H2,1-7H3. The molecule has 6 atom stereocenters. The highest BCUT2D eigenvalue weighted by Gasteiger charge is 2.42. The molecule has 1 fully saturated rings. The Morgan fingerprint density at radius 1 is 0.941 bits per heavy atom. The van der Waals surface area contributed by atoms with Crippen LogP contribution in [-0.2, 0) is 0 Å². The van der Waals surface area contributed by atoms with Gasteiger partial charge >= 0.3 is 0 Å². The van der Waals surface area contributed by atoms with E-state index in [0.717, 1.165) is 41.4 Å². The molecule has 0 radical (unpaired) electrons. The van der Waals surface area contributed by atoms with Crippen LogP contribution in [0.25, 0.3) is 0 Å². The number of rotatable bonds is 7. The first-order valence-electron chi connectivity index (χ1n) is 7.88. The summed E-state index contributed by atoms with van der Waals surface area (Å²) in [5.41, 5.74) is 0. The van der Waals surface area contributed by atoms with Crippen LogP contribution in [0.15, 0.2) is 0 Å². The topological polar surface area (TPSA) is 0 Å². The van der Waals surface area contributed by atoms with Gasteiger partial charge < -0.3 is 0 Å². The highest BCUT2D eigenvalue weighted by atomic mass is 14.5. The largest absolute Gasteiger partial charge is 0.0651 e. The first-order chi connectivity index (χ1) is 7.88. The van der Waals surface area contributed by atoms with E-state index in [-0.39, 0.29) is 0 Å². The van der Waals surface area contributed by atoms with E-state index >= 15 is 0 Å². The van der Waals surface area contributed by atoms with E-state index in [1.54, 1.807) is 0 Å². The third-order valence-electron chi connectivity index (χ3n) is 5.82. The first-order valence-corrected chi connectivity index (χ1v) is 7.88. The van der Waals surface area contributed by atoms with Gasteiger partial charge in [0.2, 0.25) is 0 Å². The smallest absolute Gasteiger partial charge is 0.0355 e. The van der Waals surface area contributed by atoms with Gasteiger partial charge in [-0.05, 0) is 54.3 Å². The number of hydrogen-bond donors (Lipinski definition) is 0. The minimum absolute atomic E-state index is 0.868. The van der Waals surface area contributed by atoms with Gasteiger partial charge in [-0.3, -0.25) is 0 Å². The molecule has 0 saturated heterocycles. The van der Waals surface area contributed by atoms with Gasteiger partial charge in [-0.2, -0.15) is 0 Å². The van der Waals surface area contributed by atoms with E-state index < -0.39 is 0 Å². The second-order valence-corrected chi connectivity index (χ2v) is 7.22. The van der Waals surface area contributed by atoms with Gasteiger partial charge in [0.05, 0.1) is 0 Å². The van der Waals surface area contributed by atoms with Crippen LogP contribution in [0.4, 0.5) is 0 Å². The fourth-order valence-corrected chi connectivity index (χ4v) is 3.31. The molecule has 0 heteroatoms. The van der Waals surface area contributed by atoms with E-state index in [1.807, 2.05) is 0 Å². The van der Waals surface area contributed by atoms with Crippen LogP contribution in [-0.4, -0.2) is 0 Å². The Morgan fingerprint density at radius 2 is 1.53 bits per heavy atom. The maximum absolute atomic E-state index is 2.48. The maximum atomic E-state index is 2.48. The molecule has 0 amide bonds. The molecule has 6 unspecified atom stereocenters. The van der Waals surface area contributed by atoms with Crippen molar-refractivity contribution in [3.8, 4) is 0 Å². The summed E-state index contributed by atoms with van der Waals surface area (Å²) in [7, 11) is 0. The minimum Gasteiger partial charge on any atom is -0.0651 e. The molecule has 1 aliphatic carbocycles. The van der Waals surface area contributed by atoms with Crippen molar-refractivity contribution in [2.45, 2.75) is 67.7 Å². The molecule has 0 nitrogen and oxygen atoms in total. The summed E-state index contributed by atoms with van der Waals surface area (Å²) >= 11 is 0. The van der Waals surface area contributed by atoms with Gasteiger partial charge in [-0.1, -0.05) is 54.9 Å². The van der Waals surface area contributed by atoms with Gasteiger partial charge in [0.25, 0.3) is 0 Å². The Labute approximate surface area is 110 Å². The molecular formula is C17H34. The minimum atomic E-state index is 0.868. The average Bonchev–Trinajstić information content (AvgIpc) is 3.04. The van der Waals surface area contributed by atoms with Crippen LogP contribution in [0.2, 0.25) is 0 Å². The highest BCUT2D eigenvalue weighted by Crippen LogP contribution is 2.51. The lowest BCUT2D eigenvalue weighted by atomic mass is 9.80. The first kappa shape index (κ1) is 15.1. The van der Waals surface area contributed by atoms with Crippen molar-refractivity contribution in [1.29, 1.82) is 0 Å². The molecule has 17 heavy (non-hydrogen) atoms. The third-order valence-corrected chi connectivity index (χ3v) is 5.82. The van der Waals surface area contributed by atoms with Crippen LogP contribution < -0.4 is 0 Å². The van der Waals surface area contributed by atoms with E-state index in [0.29, 0.717) is 0 Å². The Bertz CT molecular complexity index is 218. The summed E-state index contributed by atoms with van der Waals surface area (Å²) < 4.78 is 0. The van der Waals surface area contributed by atoms with Crippen molar-refractivity contribution in [2.24, 2.45) is 41.4 Å². The van der Waals surface area contributed by atoms with Gasteiger partial charge in [0.15, 0.2) is 0 Å². The lowest BCUT2D eigenvalue weighted by molar-refractivity contribution is 0.241. The predicted octanol–water partition coefficient (Wildman–Crippen LogP) is 5.62. The van der Waals surface area contributed by atoms with Crippen molar-refractivity contribution in [1.82, 2.24) is 0 Å². The van der Waals surface area contributed by atoms with Gasteiger partial charge in [-0.25, -0.2) is 0 Å². The lowest BCUT2D eigenvalue weighted by Crippen LogP contribution is -2.17. The van der Waals surface area contributed by atoms with E-state index in [1.165, 1.54) is 19.3 Å². The summed E-state index contributed by atoms with van der Waals surface area (Å²) in [5, 5.41) is 0. The molecule has 0 N–H and O–H groups in total. The highest BCUT2D eigenvalue weighted by molar-refractivity contribution is 4.92. The predicted molar refractivity (Wildman–Crippen MR) is 78.0 cm³/mol. The monoisotopic (exact) mass is 238 g/mol. The number of hydrogen-bond acceptors (Lipinski definition) is 0. The summed E-state index contributed by atoms with van der Waals surface area (Å²) in [6.07, 6.45) is 4.33. The molecule has 0 spiro atoms. The van der Waals surface area contributed by atoms with Crippen molar-refractivity contribution >= 4 is 0 Å². The summed E-state index contributed by atoms with van der Waals surface area (Å²) in [5.74, 6) is 6.61. The molecular weight excluding hydrogens is 204 g/mol. The third kappa shape index (κ3) is 4.00. The molecule has 0 aromatic rings. The zero-order valence-corrected chi connectivity index (χ0v) is 13.2. The molecule has 0 aromatic heterocycles. The molecule has 1 saturated carbocycles. The van der Waals surface area contributed by atoms with Crippen molar-refractivity contribution < 1.29 is 0 Å². The maximum Gasteiger partial charge on any atom is -0.0355 e. The molecule has 0 aliphatic heterocycles. The van der Waals surface area contributed by atoms with E-state index in [2.05, 4.69) is 48.5 Å². The zero-order chi connectivity index (χ0) is 13.2. The van der Waals surface area contributed by atoms with Gasteiger partial charge in [0, 0.05) is 0 Å². The van der Waals surface area contributed by atoms with E-state index in [9.17, 15) is 0 Å². The Morgan fingerprint density at radius 3 is 2.00 bits per heavy atom.